The third-order valence-electron chi connectivity index (χ3n) is 3.42. The molecular formula is C17H13ClF3N5. The Morgan fingerprint density at radius 3 is 2.42 bits per heavy atom. The van der Waals surface area contributed by atoms with E-state index in [2.05, 4.69) is 25.8 Å². The standard InChI is InChI=1S/C17H13ClF3N5/c1-10-2-5-12(6-3-10)23-16-25-15(9-22-26-16)24-14-8-11(17(19,20)21)4-7-13(14)18/h2-9H,1H3,(H2,23,24,25,26). The summed E-state index contributed by atoms with van der Waals surface area (Å²) in [7, 11) is 0. The summed E-state index contributed by atoms with van der Waals surface area (Å²) in [4.78, 5) is 4.18. The molecule has 0 saturated heterocycles. The first kappa shape index (κ1) is 17.9. The molecule has 0 bridgehead atoms. The van der Waals surface area contributed by atoms with Gasteiger partial charge in [-0.15, -0.1) is 5.10 Å². The second-order valence-corrected chi connectivity index (χ2v) is 5.88. The van der Waals surface area contributed by atoms with E-state index < -0.39 is 11.7 Å². The lowest BCUT2D eigenvalue weighted by molar-refractivity contribution is -0.137. The van der Waals surface area contributed by atoms with E-state index >= 15 is 0 Å². The van der Waals surface area contributed by atoms with Gasteiger partial charge in [-0.05, 0) is 37.3 Å². The highest BCUT2D eigenvalue weighted by atomic mass is 35.5. The van der Waals surface area contributed by atoms with Crippen LogP contribution in [-0.4, -0.2) is 15.2 Å². The number of aryl methyl sites for hydroxylation is 1. The molecule has 0 aliphatic carbocycles. The average molecular weight is 380 g/mol. The van der Waals surface area contributed by atoms with E-state index in [1.54, 1.807) is 0 Å². The Morgan fingerprint density at radius 1 is 1.00 bits per heavy atom. The first-order valence-electron chi connectivity index (χ1n) is 7.48. The highest BCUT2D eigenvalue weighted by Crippen LogP contribution is 2.34. The first-order valence-corrected chi connectivity index (χ1v) is 7.86. The number of benzene rings is 2. The molecule has 5 nitrogen and oxygen atoms in total. The van der Waals surface area contributed by atoms with Crippen molar-refractivity contribution in [2.75, 3.05) is 10.6 Å². The van der Waals surface area contributed by atoms with Crippen LogP contribution in [0.1, 0.15) is 11.1 Å². The lowest BCUT2D eigenvalue weighted by Gasteiger charge is -2.12. The van der Waals surface area contributed by atoms with Gasteiger partial charge in [-0.1, -0.05) is 29.3 Å². The molecule has 0 radical (unpaired) electrons. The molecule has 1 heterocycles. The monoisotopic (exact) mass is 379 g/mol. The van der Waals surface area contributed by atoms with Crippen LogP contribution in [0.15, 0.2) is 48.7 Å². The molecule has 0 amide bonds. The summed E-state index contributed by atoms with van der Waals surface area (Å²) in [6, 6.07) is 10.5. The summed E-state index contributed by atoms with van der Waals surface area (Å²) in [5.74, 6) is 0.401. The van der Waals surface area contributed by atoms with Crippen molar-refractivity contribution in [2.24, 2.45) is 0 Å². The number of aromatic nitrogens is 3. The van der Waals surface area contributed by atoms with Gasteiger partial charge >= 0.3 is 6.18 Å². The van der Waals surface area contributed by atoms with E-state index in [1.165, 1.54) is 12.3 Å². The van der Waals surface area contributed by atoms with Crippen LogP contribution in [0.5, 0.6) is 0 Å². The lowest BCUT2D eigenvalue weighted by Crippen LogP contribution is -2.06. The fraction of sp³-hybridized carbons (Fsp3) is 0.118. The number of halogens is 4. The van der Waals surface area contributed by atoms with Crippen LogP contribution >= 0.6 is 11.6 Å². The molecule has 26 heavy (non-hydrogen) atoms. The van der Waals surface area contributed by atoms with Crippen molar-refractivity contribution < 1.29 is 13.2 Å². The van der Waals surface area contributed by atoms with Gasteiger partial charge in [0.25, 0.3) is 0 Å². The van der Waals surface area contributed by atoms with Gasteiger partial charge in [0.15, 0.2) is 5.82 Å². The van der Waals surface area contributed by atoms with Gasteiger partial charge < -0.3 is 10.6 Å². The minimum atomic E-state index is -4.47. The van der Waals surface area contributed by atoms with Crippen LogP contribution in [0, 0.1) is 6.92 Å². The summed E-state index contributed by atoms with van der Waals surface area (Å²) in [5.41, 5.74) is 1.11. The molecule has 0 fully saturated rings. The fourth-order valence-corrected chi connectivity index (χ4v) is 2.28. The predicted molar refractivity (Wildman–Crippen MR) is 94.0 cm³/mol. The van der Waals surface area contributed by atoms with Gasteiger partial charge in [0.1, 0.15) is 0 Å². The predicted octanol–water partition coefficient (Wildman–Crippen LogP) is 5.34. The Kier molecular flexibility index (Phi) is 4.94. The normalized spacial score (nSPS) is 11.3. The van der Waals surface area contributed by atoms with Gasteiger partial charge in [-0.2, -0.15) is 23.3 Å². The lowest BCUT2D eigenvalue weighted by atomic mass is 10.2. The molecule has 0 spiro atoms. The zero-order chi connectivity index (χ0) is 18.7. The molecule has 134 valence electrons. The number of nitrogens with one attached hydrogen (secondary N) is 2. The molecule has 0 saturated carbocycles. The van der Waals surface area contributed by atoms with Crippen molar-refractivity contribution in [3.8, 4) is 0 Å². The second-order valence-electron chi connectivity index (χ2n) is 5.47. The molecule has 0 aliphatic rings. The molecule has 3 rings (SSSR count). The number of rotatable bonds is 4. The summed E-state index contributed by atoms with van der Waals surface area (Å²) < 4.78 is 38.6. The fourth-order valence-electron chi connectivity index (χ4n) is 2.12. The van der Waals surface area contributed by atoms with Gasteiger partial charge in [-0.25, -0.2) is 0 Å². The molecule has 0 unspecified atom stereocenters. The molecular weight excluding hydrogens is 367 g/mol. The topological polar surface area (TPSA) is 62.7 Å². The van der Waals surface area contributed by atoms with Crippen molar-refractivity contribution in [1.29, 1.82) is 0 Å². The first-order chi connectivity index (χ1) is 12.3. The molecule has 0 aliphatic heterocycles. The Labute approximate surface area is 152 Å². The summed E-state index contributed by atoms with van der Waals surface area (Å²) in [5, 5.41) is 13.5. The number of hydrogen-bond donors (Lipinski definition) is 2. The maximum atomic E-state index is 12.9. The minimum Gasteiger partial charge on any atom is -0.338 e. The van der Waals surface area contributed by atoms with Gasteiger partial charge in [0, 0.05) is 5.69 Å². The molecule has 9 heteroatoms. The Hall–Kier alpha value is -2.87. The molecule has 2 aromatic carbocycles. The largest absolute Gasteiger partial charge is 0.416 e. The number of anilines is 4. The van der Waals surface area contributed by atoms with Crippen LogP contribution < -0.4 is 10.6 Å². The highest BCUT2D eigenvalue weighted by molar-refractivity contribution is 6.33. The maximum Gasteiger partial charge on any atom is 0.416 e. The Bertz CT molecular complexity index is 913. The SMILES string of the molecule is Cc1ccc(Nc2nncc(Nc3cc(C(F)(F)F)ccc3Cl)n2)cc1. The Morgan fingerprint density at radius 2 is 1.73 bits per heavy atom. The molecule has 3 aromatic rings. The van der Waals surface area contributed by atoms with Crippen molar-refractivity contribution in [3.63, 3.8) is 0 Å². The second kappa shape index (κ2) is 7.17. The molecule has 0 atom stereocenters. The van der Waals surface area contributed by atoms with E-state index in [0.29, 0.717) is 0 Å². The van der Waals surface area contributed by atoms with E-state index in [-0.39, 0.29) is 22.5 Å². The van der Waals surface area contributed by atoms with Crippen molar-refractivity contribution in [2.45, 2.75) is 13.1 Å². The van der Waals surface area contributed by atoms with E-state index in [1.807, 2.05) is 31.2 Å². The summed E-state index contributed by atoms with van der Waals surface area (Å²) >= 11 is 5.97. The van der Waals surface area contributed by atoms with Crippen LogP contribution in [0.2, 0.25) is 5.02 Å². The number of alkyl halides is 3. The van der Waals surface area contributed by atoms with E-state index in [4.69, 9.17) is 11.6 Å². The third-order valence-corrected chi connectivity index (χ3v) is 3.75. The average Bonchev–Trinajstić information content (AvgIpc) is 2.58. The van der Waals surface area contributed by atoms with Crippen molar-refractivity contribution >= 4 is 34.7 Å². The highest BCUT2D eigenvalue weighted by Gasteiger charge is 2.31. The third kappa shape index (κ3) is 4.40. The van der Waals surface area contributed by atoms with Crippen LogP contribution in [-0.2, 0) is 6.18 Å². The van der Waals surface area contributed by atoms with E-state index in [9.17, 15) is 13.2 Å². The van der Waals surface area contributed by atoms with Crippen LogP contribution in [0.3, 0.4) is 0 Å². The Balaban J connectivity index is 1.82. The number of hydrogen-bond acceptors (Lipinski definition) is 5. The zero-order valence-corrected chi connectivity index (χ0v) is 14.2. The van der Waals surface area contributed by atoms with Gasteiger partial charge in [0.05, 0.1) is 22.5 Å². The quantitative estimate of drug-likeness (QED) is 0.640. The molecule has 2 N–H and O–H groups in total. The summed E-state index contributed by atoms with van der Waals surface area (Å²) in [6.45, 7) is 1.96. The van der Waals surface area contributed by atoms with Gasteiger partial charge in [0.2, 0.25) is 5.95 Å². The van der Waals surface area contributed by atoms with Crippen molar-refractivity contribution in [3.05, 3.63) is 64.8 Å². The van der Waals surface area contributed by atoms with Gasteiger partial charge in [-0.3, -0.25) is 0 Å². The van der Waals surface area contributed by atoms with Crippen molar-refractivity contribution in [1.82, 2.24) is 15.2 Å². The smallest absolute Gasteiger partial charge is 0.338 e. The number of nitrogens with zero attached hydrogens (tertiary/aromatic N) is 3. The van der Waals surface area contributed by atoms with Crippen LogP contribution in [0.25, 0.3) is 0 Å². The van der Waals surface area contributed by atoms with Crippen LogP contribution in [0.4, 0.5) is 36.3 Å². The molecule has 1 aromatic heterocycles. The van der Waals surface area contributed by atoms with E-state index in [0.717, 1.165) is 23.4 Å². The zero-order valence-electron chi connectivity index (χ0n) is 13.5. The minimum absolute atomic E-state index is 0.0725. The maximum absolute atomic E-state index is 12.9. The summed E-state index contributed by atoms with van der Waals surface area (Å²) in [6.07, 6.45) is -3.18.